The normalized spacial score (nSPS) is 19.2. The molecule has 4 rings (SSSR count). The number of nitrogens with zero attached hydrogens (tertiary/aromatic N) is 1. The molecular weight excluding hydrogens is 352 g/mol. The molecule has 0 radical (unpaired) electrons. The van der Waals surface area contributed by atoms with Gasteiger partial charge in [-0.05, 0) is 42.3 Å². The van der Waals surface area contributed by atoms with E-state index < -0.39 is 6.04 Å². The molecular formula is C19H20N2O4S. The number of hydrogen-bond acceptors (Lipinski definition) is 5. The largest absolute Gasteiger partial charge is 0.486 e. The Bertz CT molecular complexity index is 848. The number of nitrogens with one attached hydrogen (secondary N) is 1. The van der Waals surface area contributed by atoms with Crippen molar-refractivity contribution in [3.05, 3.63) is 35.2 Å². The molecule has 0 spiro atoms. The molecule has 0 aliphatic carbocycles. The lowest BCUT2D eigenvalue weighted by atomic mass is 10.1. The second kappa shape index (κ2) is 6.99. The smallest absolute Gasteiger partial charge is 0.264 e. The van der Waals surface area contributed by atoms with Gasteiger partial charge in [0.1, 0.15) is 19.3 Å². The van der Waals surface area contributed by atoms with Gasteiger partial charge in [0.15, 0.2) is 11.5 Å². The fourth-order valence-corrected chi connectivity index (χ4v) is 4.27. The van der Waals surface area contributed by atoms with Gasteiger partial charge >= 0.3 is 0 Å². The number of hydrogen-bond donors (Lipinski definition) is 1. The van der Waals surface area contributed by atoms with Crippen molar-refractivity contribution in [2.24, 2.45) is 0 Å². The van der Waals surface area contributed by atoms with E-state index in [9.17, 15) is 9.59 Å². The van der Waals surface area contributed by atoms with E-state index in [0.29, 0.717) is 37.6 Å². The number of amides is 2. The van der Waals surface area contributed by atoms with Crippen molar-refractivity contribution in [2.75, 3.05) is 26.3 Å². The van der Waals surface area contributed by atoms with Crippen molar-refractivity contribution in [2.45, 2.75) is 19.4 Å². The van der Waals surface area contributed by atoms with Crippen LogP contribution in [0, 0.1) is 0 Å². The summed E-state index contributed by atoms with van der Waals surface area (Å²) in [5, 5.41) is 2.82. The van der Waals surface area contributed by atoms with Crippen LogP contribution in [-0.2, 0) is 4.79 Å². The lowest BCUT2D eigenvalue weighted by Gasteiger charge is -2.34. The van der Waals surface area contributed by atoms with Crippen LogP contribution in [0.4, 0.5) is 0 Å². The first-order chi connectivity index (χ1) is 12.7. The second-order valence-electron chi connectivity index (χ2n) is 6.24. The first kappa shape index (κ1) is 16.9. The topological polar surface area (TPSA) is 67.9 Å². The quantitative estimate of drug-likeness (QED) is 0.899. The Labute approximate surface area is 155 Å². The second-order valence-corrected chi connectivity index (χ2v) is 7.32. The summed E-state index contributed by atoms with van der Waals surface area (Å²) >= 11 is 1.43. The summed E-state index contributed by atoms with van der Waals surface area (Å²) < 4.78 is 11.2. The standard InChI is InChI=1S/C19H20N2O4S/c1-2-13-18(22)20-7-8-21(13)19(23)17-6-5-16(26-17)12-3-4-14-15(11-12)25-10-9-24-14/h3-6,11,13H,2,7-10H2,1H3,(H,20,22). The Morgan fingerprint density at radius 1 is 1.23 bits per heavy atom. The van der Waals surface area contributed by atoms with E-state index in [-0.39, 0.29) is 11.8 Å². The molecule has 2 aromatic rings. The summed E-state index contributed by atoms with van der Waals surface area (Å²) in [6.07, 6.45) is 0.609. The third kappa shape index (κ3) is 3.03. The highest BCUT2D eigenvalue weighted by molar-refractivity contribution is 7.17. The van der Waals surface area contributed by atoms with Crippen molar-refractivity contribution in [1.29, 1.82) is 0 Å². The van der Waals surface area contributed by atoms with Crippen LogP contribution in [0.3, 0.4) is 0 Å². The van der Waals surface area contributed by atoms with E-state index in [1.54, 1.807) is 4.90 Å². The van der Waals surface area contributed by atoms with Crippen LogP contribution in [0.5, 0.6) is 11.5 Å². The Morgan fingerprint density at radius 2 is 2.04 bits per heavy atom. The molecule has 26 heavy (non-hydrogen) atoms. The molecule has 0 saturated carbocycles. The molecule has 7 heteroatoms. The van der Waals surface area contributed by atoms with Crippen molar-refractivity contribution in [3.63, 3.8) is 0 Å². The van der Waals surface area contributed by atoms with Crippen molar-refractivity contribution >= 4 is 23.2 Å². The maximum atomic E-state index is 12.9. The molecule has 1 aromatic heterocycles. The van der Waals surface area contributed by atoms with Gasteiger partial charge in [0, 0.05) is 18.0 Å². The van der Waals surface area contributed by atoms with E-state index in [1.165, 1.54) is 11.3 Å². The number of piperazine rings is 1. The van der Waals surface area contributed by atoms with E-state index in [0.717, 1.165) is 21.9 Å². The molecule has 0 bridgehead atoms. The molecule has 136 valence electrons. The molecule has 1 N–H and O–H groups in total. The van der Waals surface area contributed by atoms with Gasteiger partial charge in [0.05, 0.1) is 4.88 Å². The predicted molar refractivity (Wildman–Crippen MR) is 98.9 cm³/mol. The molecule has 1 saturated heterocycles. The molecule has 2 amide bonds. The fraction of sp³-hybridized carbons (Fsp3) is 0.368. The van der Waals surface area contributed by atoms with Crippen LogP contribution in [0.15, 0.2) is 30.3 Å². The summed E-state index contributed by atoms with van der Waals surface area (Å²) in [5.74, 6) is 1.32. The highest BCUT2D eigenvalue weighted by Gasteiger charge is 2.32. The summed E-state index contributed by atoms with van der Waals surface area (Å²) in [6, 6.07) is 9.19. The number of fused-ring (bicyclic) bond motifs is 1. The summed E-state index contributed by atoms with van der Waals surface area (Å²) in [6.45, 7) is 4.07. The van der Waals surface area contributed by atoms with Gasteiger partial charge in [-0.3, -0.25) is 9.59 Å². The van der Waals surface area contributed by atoms with E-state index >= 15 is 0 Å². The number of carbonyl (C=O) groups is 2. The van der Waals surface area contributed by atoms with Gasteiger partial charge in [0.25, 0.3) is 5.91 Å². The average molecular weight is 372 g/mol. The Morgan fingerprint density at radius 3 is 2.85 bits per heavy atom. The minimum atomic E-state index is -0.393. The Balaban J connectivity index is 1.58. The molecule has 2 aliphatic rings. The van der Waals surface area contributed by atoms with Gasteiger partial charge in [0.2, 0.25) is 5.91 Å². The van der Waals surface area contributed by atoms with E-state index in [1.807, 2.05) is 37.3 Å². The summed E-state index contributed by atoms with van der Waals surface area (Å²) in [7, 11) is 0. The van der Waals surface area contributed by atoms with E-state index in [4.69, 9.17) is 9.47 Å². The zero-order chi connectivity index (χ0) is 18.1. The minimum Gasteiger partial charge on any atom is -0.486 e. The molecule has 1 fully saturated rings. The van der Waals surface area contributed by atoms with Gasteiger partial charge in [-0.25, -0.2) is 0 Å². The van der Waals surface area contributed by atoms with Gasteiger partial charge in [-0.1, -0.05) is 6.92 Å². The van der Waals surface area contributed by atoms with Crippen LogP contribution in [0.2, 0.25) is 0 Å². The first-order valence-corrected chi connectivity index (χ1v) is 9.57. The van der Waals surface area contributed by atoms with E-state index in [2.05, 4.69) is 5.32 Å². The van der Waals surface area contributed by atoms with Crippen LogP contribution in [-0.4, -0.2) is 49.1 Å². The number of thiophene rings is 1. The maximum Gasteiger partial charge on any atom is 0.264 e. The first-order valence-electron chi connectivity index (χ1n) is 8.76. The minimum absolute atomic E-state index is 0.0734. The SMILES string of the molecule is CCC1C(=O)NCCN1C(=O)c1ccc(-c2ccc3c(c2)OCCO3)s1. The number of carbonyl (C=O) groups excluding carboxylic acids is 2. The molecule has 1 unspecified atom stereocenters. The molecule has 6 nitrogen and oxygen atoms in total. The van der Waals surface area contributed by atoms with Gasteiger partial charge in [-0.15, -0.1) is 11.3 Å². The van der Waals surface area contributed by atoms with Crippen molar-refractivity contribution in [1.82, 2.24) is 10.2 Å². The highest BCUT2D eigenvalue weighted by Crippen LogP contribution is 2.37. The third-order valence-electron chi connectivity index (χ3n) is 4.62. The van der Waals surface area contributed by atoms with Crippen LogP contribution < -0.4 is 14.8 Å². The monoisotopic (exact) mass is 372 g/mol. The fourth-order valence-electron chi connectivity index (χ4n) is 3.31. The van der Waals surface area contributed by atoms with Crippen LogP contribution in [0.1, 0.15) is 23.0 Å². The number of rotatable bonds is 3. The van der Waals surface area contributed by atoms with Crippen molar-refractivity contribution < 1.29 is 19.1 Å². The lowest BCUT2D eigenvalue weighted by Crippen LogP contribution is -2.56. The molecule has 1 atom stereocenters. The maximum absolute atomic E-state index is 12.9. The molecule has 1 aromatic carbocycles. The number of benzene rings is 1. The Hall–Kier alpha value is -2.54. The highest BCUT2D eigenvalue weighted by atomic mass is 32.1. The zero-order valence-electron chi connectivity index (χ0n) is 14.5. The van der Waals surface area contributed by atoms with Crippen LogP contribution in [0.25, 0.3) is 10.4 Å². The van der Waals surface area contributed by atoms with Gasteiger partial charge < -0.3 is 19.7 Å². The molecule has 2 aliphatic heterocycles. The predicted octanol–water partition coefficient (Wildman–Crippen LogP) is 2.54. The number of ether oxygens (including phenoxy) is 2. The van der Waals surface area contributed by atoms with Crippen molar-refractivity contribution in [3.8, 4) is 21.9 Å². The summed E-state index contributed by atoms with van der Waals surface area (Å²) in [4.78, 5) is 28.2. The third-order valence-corrected chi connectivity index (χ3v) is 5.74. The average Bonchev–Trinajstić information content (AvgIpc) is 3.17. The zero-order valence-corrected chi connectivity index (χ0v) is 15.3. The molecule has 3 heterocycles. The Kier molecular flexibility index (Phi) is 4.55. The van der Waals surface area contributed by atoms with Gasteiger partial charge in [-0.2, -0.15) is 0 Å². The summed E-state index contributed by atoms with van der Waals surface area (Å²) in [5.41, 5.74) is 0.988. The lowest BCUT2D eigenvalue weighted by molar-refractivity contribution is -0.127. The van der Waals surface area contributed by atoms with Crippen LogP contribution >= 0.6 is 11.3 Å².